The van der Waals surface area contributed by atoms with Gasteiger partial charge >= 0.3 is 0 Å². The van der Waals surface area contributed by atoms with Gasteiger partial charge in [-0.1, -0.05) is 27.2 Å². The van der Waals surface area contributed by atoms with Crippen LogP contribution in [0.4, 0.5) is 0 Å². The lowest BCUT2D eigenvalue weighted by Gasteiger charge is -2.34. The van der Waals surface area contributed by atoms with Gasteiger partial charge in [0.1, 0.15) is 6.29 Å². The summed E-state index contributed by atoms with van der Waals surface area (Å²) in [6.07, 6.45) is 8.50. The Morgan fingerprint density at radius 1 is 1.33 bits per heavy atom. The van der Waals surface area contributed by atoms with E-state index in [-0.39, 0.29) is 0 Å². The van der Waals surface area contributed by atoms with Crippen LogP contribution in [0.3, 0.4) is 0 Å². The number of hydrogen-bond donors (Lipinski definition) is 0. The van der Waals surface area contributed by atoms with E-state index in [1.165, 1.54) is 25.7 Å². The second kappa shape index (κ2) is 6.30. The fraction of sp³-hybridized carbons (Fsp3) is 0.929. The zero-order valence-corrected chi connectivity index (χ0v) is 10.5. The van der Waals surface area contributed by atoms with Gasteiger partial charge in [-0.2, -0.15) is 0 Å². The highest BCUT2D eigenvalue weighted by Crippen LogP contribution is 2.38. The molecule has 0 bridgehead atoms. The molecule has 1 heteroatoms. The second-order valence-electron chi connectivity index (χ2n) is 5.79. The molecule has 0 spiro atoms. The summed E-state index contributed by atoms with van der Waals surface area (Å²) in [5, 5.41) is 0. The maximum atomic E-state index is 10.4. The van der Waals surface area contributed by atoms with Gasteiger partial charge in [-0.05, 0) is 49.4 Å². The molecule has 0 aromatic rings. The zero-order chi connectivity index (χ0) is 11.3. The predicted octanol–water partition coefficient (Wildman–Crippen LogP) is 4.06. The third-order valence-corrected chi connectivity index (χ3v) is 3.92. The quantitative estimate of drug-likeness (QED) is 0.625. The molecular weight excluding hydrogens is 184 g/mol. The molecule has 1 saturated carbocycles. The van der Waals surface area contributed by atoms with Crippen molar-refractivity contribution in [2.75, 3.05) is 0 Å². The van der Waals surface area contributed by atoms with Gasteiger partial charge in [0.05, 0.1) is 0 Å². The van der Waals surface area contributed by atoms with Crippen molar-refractivity contribution in [1.29, 1.82) is 0 Å². The summed E-state index contributed by atoms with van der Waals surface area (Å²) in [4.78, 5) is 10.4. The SMILES string of the molecule is CC(C)C[C@@H]1CC[C@H](CCC=O)C(C)C1. The summed E-state index contributed by atoms with van der Waals surface area (Å²) in [6.45, 7) is 7.02. The molecule has 1 unspecified atom stereocenters. The van der Waals surface area contributed by atoms with Crippen molar-refractivity contribution in [2.24, 2.45) is 23.7 Å². The van der Waals surface area contributed by atoms with Crippen LogP contribution in [0.2, 0.25) is 0 Å². The van der Waals surface area contributed by atoms with E-state index in [1.807, 2.05) is 0 Å². The summed E-state index contributed by atoms with van der Waals surface area (Å²) < 4.78 is 0. The first kappa shape index (κ1) is 12.7. The van der Waals surface area contributed by atoms with E-state index in [0.717, 1.165) is 42.8 Å². The first-order valence-electron chi connectivity index (χ1n) is 6.57. The molecule has 0 saturated heterocycles. The summed E-state index contributed by atoms with van der Waals surface area (Å²) in [6, 6.07) is 0. The van der Waals surface area contributed by atoms with E-state index in [9.17, 15) is 4.79 Å². The van der Waals surface area contributed by atoms with Crippen LogP contribution in [0.1, 0.15) is 59.3 Å². The predicted molar refractivity (Wildman–Crippen MR) is 64.7 cm³/mol. The molecule has 1 nitrogen and oxygen atoms in total. The molecule has 88 valence electrons. The van der Waals surface area contributed by atoms with Crippen molar-refractivity contribution in [3.05, 3.63) is 0 Å². The molecule has 0 aliphatic heterocycles. The third-order valence-electron chi connectivity index (χ3n) is 3.92. The standard InChI is InChI=1S/C14H26O/c1-11(2)9-13-6-7-14(5-4-8-15)12(3)10-13/h8,11-14H,4-7,9-10H2,1-3H3/t12?,13-,14-/m0/s1. The maximum Gasteiger partial charge on any atom is 0.120 e. The Hall–Kier alpha value is -0.330. The van der Waals surface area contributed by atoms with Gasteiger partial charge in [-0.25, -0.2) is 0 Å². The van der Waals surface area contributed by atoms with Crippen LogP contribution in [0.15, 0.2) is 0 Å². The molecule has 0 heterocycles. The lowest BCUT2D eigenvalue weighted by molar-refractivity contribution is -0.108. The number of carbonyl (C=O) groups excluding carboxylic acids is 1. The van der Waals surface area contributed by atoms with E-state index < -0.39 is 0 Å². The van der Waals surface area contributed by atoms with E-state index in [2.05, 4.69) is 20.8 Å². The van der Waals surface area contributed by atoms with Gasteiger partial charge in [0.15, 0.2) is 0 Å². The molecule has 0 amide bonds. The number of hydrogen-bond acceptors (Lipinski definition) is 1. The van der Waals surface area contributed by atoms with Gasteiger partial charge in [0.2, 0.25) is 0 Å². The smallest absolute Gasteiger partial charge is 0.120 e. The van der Waals surface area contributed by atoms with Crippen LogP contribution < -0.4 is 0 Å². The van der Waals surface area contributed by atoms with Crippen LogP contribution >= 0.6 is 0 Å². The van der Waals surface area contributed by atoms with Gasteiger partial charge in [0, 0.05) is 6.42 Å². The Morgan fingerprint density at radius 3 is 2.60 bits per heavy atom. The normalized spacial score (nSPS) is 31.9. The van der Waals surface area contributed by atoms with Gasteiger partial charge in [-0.3, -0.25) is 0 Å². The third kappa shape index (κ3) is 4.36. The Kier molecular flexibility index (Phi) is 5.35. The maximum absolute atomic E-state index is 10.4. The van der Waals surface area contributed by atoms with Gasteiger partial charge < -0.3 is 4.79 Å². The van der Waals surface area contributed by atoms with Gasteiger partial charge in [-0.15, -0.1) is 0 Å². The minimum Gasteiger partial charge on any atom is -0.303 e. The Labute approximate surface area is 94.6 Å². The highest BCUT2D eigenvalue weighted by atomic mass is 16.1. The fourth-order valence-electron chi connectivity index (χ4n) is 3.16. The molecule has 1 aliphatic rings. The molecule has 15 heavy (non-hydrogen) atoms. The van der Waals surface area contributed by atoms with Crippen LogP contribution in [-0.4, -0.2) is 6.29 Å². The van der Waals surface area contributed by atoms with Crippen LogP contribution in [0, 0.1) is 23.7 Å². The van der Waals surface area contributed by atoms with Crippen molar-refractivity contribution in [1.82, 2.24) is 0 Å². The molecule has 3 atom stereocenters. The van der Waals surface area contributed by atoms with Crippen LogP contribution in [0.5, 0.6) is 0 Å². The minimum atomic E-state index is 0.768. The average molecular weight is 210 g/mol. The van der Waals surface area contributed by atoms with Crippen molar-refractivity contribution >= 4 is 6.29 Å². The summed E-state index contributed by atoms with van der Waals surface area (Å²) in [5.41, 5.74) is 0. The highest BCUT2D eigenvalue weighted by molar-refractivity contribution is 5.49. The molecule has 0 N–H and O–H groups in total. The van der Waals surface area contributed by atoms with E-state index in [0.29, 0.717) is 0 Å². The Balaban J connectivity index is 2.30. The lowest BCUT2D eigenvalue weighted by atomic mass is 9.71. The van der Waals surface area contributed by atoms with Gasteiger partial charge in [0.25, 0.3) is 0 Å². The van der Waals surface area contributed by atoms with Crippen molar-refractivity contribution in [3.63, 3.8) is 0 Å². The lowest BCUT2D eigenvalue weighted by Crippen LogP contribution is -2.23. The second-order valence-corrected chi connectivity index (χ2v) is 5.79. The Bertz CT molecular complexity index is 186. The summed E-state index contributed by atoms with van der Waals surface area (Å²) >= 11 is 0. The van der Waals surface area contributed by atoms with Crippen molar-refractivity contribution < 1.29 is 4.79 Å². The van der Waals surface area contributed by atoms with E-state index in [1.54, 1.807) is 0 Å². The van der Waals surface area contributed by atoms with Crippen LogP contribution in [-0.2, 0) is 4.79 Å². The topological polar surface area (TPSA) is 17.1 Å². The fourth-order valence-corrected chi connectivity index (χ4v) is 3.16. The molecule has 1 fully saturated rings. The molecular formula is C14H26O. The molecule has 1 rings (SSSR count). The zero-order valence-electron chi connectivity index (χ0n) is 10.5. The number of carbonyl (C=O) groups is 1. The monoisotopic (exact) mass is 210 g/mol. The van der Waals surface area contributed by atoms with Crippen LogP contribution in [0.25, 0.3) is 0 Å². The first-order chi connectivity index (χ1) is 7.13. The average Bonchev–Trinajstić information content (AvgIpc) is 2.15. The Morgan fingerprint density at radius 2 is 2.07 bits per heavy atom. The molecule has 0 radical (unpaired) electrons. The van der Waals surface area contributed by atoms with E-state index >= 15 is 0 Å². The largest absolute Gasteiger partial charge is 0.303 e. The molecule has 1 aliphatic carbocycles. The van der Waals surface area contributed by atoms with E-state index in [4.69, 9.17) is 0 Å². The summed E-state index contributed by atoms with van der Waals surface area (Å²) in [5.74, 6) is 3.45. The minimum absolute atomic E-state index is 0.768. The first-order valence-corrected chi connectivity index (χ1v) is 6.57. The number of aldehydes is 1. The summed E-state index contributed by atoms with van der Waals surface area (Å²) in [7, 11) is 0. The highest BCUT2D eigenvalue weighted by Gasteiger charge is 2.27. The van der Waals surface area contributed by atoms with Crippen molar-refractivity contribution in [2.45, 2.75) is 59.3 Å². The van der Waals surface area contributed by atoms with Crippen molar-refractivity contribution in [3.8, 4) is 0 Å². The number of rotatable bonds is 5. The molecule has 0 aromatic carbocycles. The molecule has 0 aromatic heterocycles.